The highest BCUT2D eigenvalue weighted by molar-refractivity contribution is 5.98. The first-order valence-corrected chi connectivity index (χ1v) is 3.51. The Morgan fingerprint density at radius 3 is 3.08 bits per heavy atom. The molecule has 0 aromatic carbocycles. The molecule has 0 amide bonds. The number of aromatic carboxylic acids is 1. The minimum absolute atomic E-state index is 0.227. The van der Waals surface area contributed by atoms with Gasteiger partial charge in [-0.05, 0) is 6.92 Å². The zero-order valence-electron chi connectivity index (χ0n) is 6.68. The normalized spacial score (nSPS) is 10.5. The van der Waals surface area contributed by atoms with Crippen molar-refractivity contribution in [2.24, 2.45) is 0 Å². The van der Waals surface area contributed by atoms with Gasteiger partial charge in [-0.1, -0.05) is 5.16 Å². The van der Waals surface area contributed by atoms with E-state index < -0.39 is 5.97 Å². The predicted molar refractivity (Wildman–Crippen MR) is 41.3 cm³/mol. The maximum absolute atomic E-state index is 10.6. The summed E-state index contributed by atoms with van der Waals surface area (Å²) in [6.45, 7) is 1.69. The number of aryl methyl sites for hydroxylation is 1. The molecule has 2 aromatic heterocycles. The fourth-order valence-corrected chi connectivity index (χ4v) is 0.980. The van der Waals surface area contributed by atoms with Gasteiger partial charge in [-0.15, -0.1) is 0 Å². The molecule has 0 saturated heterocycles. The van der Waals surface area contributed by atoms with Crippen LogP contribution in [-0.4, -0.2) is 26.2 Å². The molecule has 0 saturated carbocycles. The van der Waals surface area contributed by atoms with Crippen LogP contribution >= 0.6 is 0 Å². The van der Waals surface area contributed by atoms with E-state index in [4.69, 9.17) is 5.11 Å². The molecule has 0 bridgehead atoms. The Bertz CT molecular complexity index is 477. The molecule has 0 aliphatic rings. The second-order valence-electron chi connectivity index (χ2n) is 2.47. The summed E-state index contributed by atoms with van der Waals surface area (Å²) in [7, 11) is 0. The molecular weight excluding hydrogens is 174 g/mol. The standard InChI is InChI=1S/C7H5N3O3/c1-3-8-2-4-5(7(11)12)13-10-6(4)9-3/h2H,1H3,(H,11,12). The van der Waals surface area contributed by atoms with Crippen LogP contribution in [0.4, 0.5) is 0 Å². The second kappa shape index (κ2) is 2.51. The van der Waals surface area contributed by atoms with Gasteiger partial charge >= 0.3 is 5.97 Å². The Balaban J connectivity index is 2.76. The number of hydrogen-bond donors (Lipinski definition) is 1. The fraction of sp³-hybridized carbons (Fsp3) is 0.143. The third kappa shape index (κ3) is 1.12. The first kappa shape index (κ1) is 7.66. The number of carboxylic acids is 1. The molecule has 1 N–H and O–H groups in total. The Morgan fingerprint density at radius 2 is 2.38 bits per heavy atom. The van der Waals surface area contributed by atoms with E-state index in [2.05, 4.69) is 19.6 Å². The number of carbonyl (C=O) groups is 1. The van der Waals surface area contributed by atoms with E-state index in [1.165, 1.54) is 6.20 Å². The van der Waals surface area contributed by atoms with Crippen LogP contribution in [0.25, 0.3) is 11.0 Å². The molecule has 0 aliphatic heterocycles. The first-order valence-electron chi connectivity index (χ1n) is 3.51. The maximum atomic E-state index is 10.6. The van der Waals surface area contributed by atoms with Crippen molar-refractivity contribution in [3.63, 3.8) is 0 Å². The van der Waals surface area contributed by atoms with Gasteiger partial charge in [-0.2, -0.15) is 0 Å². The number of aromatic nitrogens is 3. The van der Waals surface area contributed by atoms with E-state index in [1.807, 2.05) is 0 Å². The van der Waals surface area contributed by atoms with Crippen molar-refractivity contribution < 1.29 is 14.4 Å². The Hall–Kier alpha value is -1.98. The summed E-state index contributed by atoms with van der Waals surface area (Å²) in [5, 5.41) is 12.5. The third-order valence-electron chi connectivity index (χ3n) is 1.55. The summed E-state index contributed by atoms with van der Waals surface area (Å²) >= 11 is 0. The molecule has 13 heavy (non-hydrogen) atoms. The van der Waals surface area contributed by atoms with E-state index in [1.54, 1.807) is 6.92 Å². The topological polar surface area (TPSA) is 89.1 Å². The Labute approximate surface area is 72.2 Å². The molecule has 6 heteroatoms. The smallest absolute Gasteiger partial charge is 0.375 e. The van der Waals surface area contributed by atoms with Crippen LogP contribution < -0.4 is 0 Å². The van der Waals surface area contributed by atoms with Crippen molar-refractivity contribution in [3.05, 3.63) is 17.8 Å². The number of rotatable bonds is 1. The molecule has 0 atom stereocenters. The van der Waals surface area contributed by atoms with E-state index in [0.717, 1.165) is 0 Å². The number of carboxylic acid groups (broad SMARTS) is 1. The van der Waals surface area contributed by atoms with Gasteiger partial charge in [0.25, 0.3) is 5.76 Å². The molecule has 0 spiro atoms. The summed E-state index contributed by atoms with van der Waals surface area (Å²) in [4.78, 5) is 18.3. The summed E-state index contributed by atoms with van der Waals surface area (Å²) in [5.41, 5.74) is 0.268. The molecule has 0 fully saturated rings. The van der Waals surface area contributed by atoms with Crippen LogP contribution in [-0.2, 0) is 0 Å². The zero-order chi connectivity index (χ0) is 9.42. The minimum Gasteiger partial charge on any atom is -0.475 e. The van der Waals surface area contributed by atoms with Crippen LogP contribution in [0.3, 0.4) is 0 Å². The van der Waals surface area contributed by atoms with E-state index in [9.17, 15) is 4.79 Å². The largest absolute Gasteiger partial charge is 0.475 e. The average molecular weight is 179 g/mol. The lowest BCUT2D eigenvalue weighted by Crippen LogP contribution is -1.94. The van der Waals surface area contributed by atoms with Gasteiger partial charge in [0.1, 0.15) is 5.82 Å². The summed E-state index contributed by atoms with van der Waals surface area (Å²) in [6.07, 6.45) is 1.39. The van der Waals surface area contributed by atoms with Crippen molar-refractivity contribution >= 4 is 17.0 Å². The molecule has 2 aromatic rings. The number of hydrogen-bond acceptors (Lipinski definition) is 5. The monoisotopic (exact) mass is 179 g/mol. The zero-order valence-corrected chi connectivity index (χ0v) is 6.68. The molecule has 2 rings (SSSR count). The van der Waals surface area contributed by atoms with Gasteiger partial charge < -0.3 is 9.63 Å². The first-order chi connectivity index (χ1) is 6.18. The predicted octanol–water partition coefficient (Wildman–Crippen LogP) is 0.624. The molecule has 0 aliphatic carbocycles. The summed E-state index contributed by atoms with van der Waals surface area (Å²) < 4.78 is 4.58. The molecule has 0 radical (unpaired) electrons. The molecule has 2 heterocycles. The van der Waals surface area contributed by atoms with Gasteiger partial charge in [-0.25, -0.2) is 14.8 Å². The highest BCUT2D eigenvalue weighted by Gasteiger charge is 2.16. The van der Waals surface area contributed by atoms with Crippen molar-refractivity contribution in [2.75, 3.05) is 0 Å². The molecular formula is C7H5N3O3. The number of nitrogens with zero attached hydrogens (tertiary/aromatic N) is 3. The van der Waals surface area contributed by atoms with Gasteiger partial charge in [0.2, 0.25) is 5.65 Å². The van der Waals surface area contributed by atoms with E-state index in [0.29, 0.717) is 11.2 Å². The fourth-order valence-electron chi connectivity index (χ4n) is 0.980. The molecule has 6 nitrogen and oxygen atoms in total. The van der Waals surface area contributed by atoms with Crippen LogP contribution in [0.2, 0.25) is 0 Å². The summed E-state index contributed by atoms with van der Waals surface area (Å²) in [6, 6.07) is 0. The second-order valence-corrected chi connectivity index (χ2v) is 2.47. The Morgan fingerprint density at radius 1 is 1.62 bits per heavy atom. The third-order valence-corrected chi connectivity index (χ3v) is 1.55. The average Bonchev–Trinajstić information content (AvgIpc) is 2.46. The van der Waals surface area contributed by atoms with Gasteiger partial charge in [0.15, 0.2) is 0 Å². The quantitative estimate of drug-likeness (QED) is 0.690. The summed E-state index contributed by atoms with van der Waals surface area (Å²) in [5.74, 6) is -0.873. The molecule has 0 unspecified atom stereocenters. The highest BCUT2D eigenvalue weighted by atomic mass is 16.5. The lowest BCUT2D eigenvalue weighted by Gasteiger charge is -1.88. The van der Waals surface area contributed by atoms with Crippen molar-refractivity contribution in [1.29, 1.82) is 0 Å². The van der Waals surface area contributed by atoms with Gasteiger partial charge in [-0.3, -0.25) is 0 Å². The lowest BCUT2D eigenvalue weighted by molar-refractivity contribution is 0.0655. The SMILES string of the molecule is Cc1ncc2c(C(=O)O)onc2n1. The maximum Gasteiger partial charge on any atom is 0.375 e. The van der Waals surface area contributed by atoms with Crippen LogP contribution in [0, 0.1) is 6.92 Å². The Kier molecular flexibility index (Phi) is 1.48. The highest BCUT2D eigenvalue weighted by Crippen LogP contribution is 2.14. The van der Waals surface area contributed by atoms with Crippen molar-refractivity contribution in [2.45, 2.75) is 6.92 Å². The van der Waals surface area contributed by atoms with Crippen LogP contribution in [0.5, 0.6) is 0 Å². The minimum atomic E-state index is -1.17. The van der Waals surface area contributed by atoms with Crippen molar-refractivity contribution in [3.8, 4) is 0 Å². The van der Waals surface area contributed by atoms with Crippen molar-refractivity contribution in [1.82, 2.24) is 15.1 Å². The van der Waals surface area contributed by atoms with Gasteiger partial charge in [0, 0.05) is 6.20 Å². The lowest BCUT2D eigenvalue weighted by atomic mass is 10.3. The van der Waals surface area contributed by atoms with E-state index >= 15 is 0 Å². The van der Waals surface area contributed by atoms with Crippen LogP contribution in [0.1, 0.15) is 16.4 Å². The van der Waals surface area contributed by atoms with Crippen LogP contribution in [0.15, 0.2) is 10.7 Å². The number of fused-ring (bicyclic) bond motifs is 1. The van der Waals surface area contributed by atoms with E-state index in [-0.39, 0.29) is 11.4 Å². The molecule has 66 valence electrons. The van der Waals surface area contributed by atoms with Gasteiger partial charge in [0.05, 0.1) is 5.39 Å².